The van der Waals surface area contributed by atoms with Gasteiger partial charge in [-0.1, -0.05) is 13.8 Å². The van der Waals surface area contributed by atoms with E-state index < -0.39 is 0 Å². The van der Waals surface area contributed by atoms with Crippen LogP contribution < -0.4 is 10.5 Å². The van der Waals surface area contributed by atoms with Crippen LogP contribution in [0.1, 0.15) is 20.3 Å². The fourth-order valence-electron chi connectivity index (χ4n) is 1.19. The molecule has 1 unspecified atom stereocenters. The molecule has 1 aromatic carbocycles. The normalized spacial score (nSPS) is 12.8. The van der Waals surface area contributed by atoms with E-state index in [4.69, 9.17) is 15.6 Å². The molecule has 0 fully saturated rings. The molecular formula is C12H19NO2. The molecule has 0 saturated carbocycles. The van der Waals surface area contributed by atoms with Crippen molar-refractivity contribution in [3.8, 4) is 11.5 Å². The minimum atomic E-state index is 0.183. The van der Waals surface area contributed by atoms with Gasteiger partial charge in [-0.05, 0) is 36.6 Å². The number of ether oxygens (including phenoxy) is 1. The third kappa shape index (κ3) is 4.21. The van der Waals surface area contributed by atoms with Gasteiger partial charge in [-0.15, -0.1) is 0 Å². The van der Waals surface area contributed by atoms with E-state index >= 15 is 0 Å². The first-order valence-electron chi connectivity index (χ1n) is 5.27. The van der Waals surface area contributed by atoms with Gasteiger partial charge in [-0.25, -0.2) is 0 Å². The lowest BCUT2D eigenvalue weighted by molar-refractivity contribution is 0.282. The van der Waals surface area contributed by atoms with Gasteiger partial charge in [0.25, 0.3) is 0 Å². The van der Waals surface area contributed by atoms with E-state index in [1.165, 1.54) is 0 Å². The number of phenols is 1. The second-order valence-corrected chi connectivity index (χ2v) is 4.04. The van der Waals surface area contributed by atoms with Crippen LogP contribution in [-0.2, 0) is 0 Å². The number of phenolic OH excluding ortho intramolecular Hbond substituents is 1. The van der Waals surface area contributed by atoms with Crippen molar-refractivity contribution in [3.05, 3.63) is 24.3 Å². The summed E-state index contributed by atoms with van der Waals surface area (Å²) >= 11 is 0. The van der Waals surface area contributed by atoms with Gasteiger partial charge in [0.1, 0.15) is 11.5 Å². The minimum absolute atomic E-state index is 0.183. The Kier molecular flexibility index (Phi) is 4.43. The Hall–Kier alpha value is -1.22. The van der Waals surface area contributed by atoms with E-state index in [0.29, 0.717) is 12.5 Å². The third-order valence-electron chi connectivity index (χ3n) is 2.41. The molecule has 3 heteroatoms. The zero-order valence-corrected chi connectivity index (χ0v) is 9.31. The van der Waals surface area contributed by atoms with Crippen molar-refractivity contribution < 1.29 is 9.84 Å². The maximum atomic E-state index is 9.07. The molecule has 0 spiro atoms. The maximum Gasteiger partial charge on any atom is 0.119 e. The van der Waals surface area contributed by atoms with Gasteiger partial charge in [0.2, 0.25) is 0 Å². The molecule has 0 bridgehead atoms. The molecule has 1 rings (SSSR count). The SMILES string of the molecule is CC(C)C(N)CCOc1ccc(O)cc1. The molecule has 3 N–H and O–H groups in total. The predicted molar refractivity (Wildman–Crippen MR) is 61.0 cm³/mol. The summed E-state index contributed by atoms with van der Waals surface area (Å²) in [5, 5.41) is 9.07. The fraction of sp³-hybridized carbons (Fsp3) is 0.500. The van der Waals surface area contributed by atoms with Crippen molar-refractivity contribution >= 4 is 0 Å². The molecule has 0 aliphatic heterocycles. The van der Waals surface area contributed by atoms with Crippen molar-refractivity contribution in [2.75, 3.05) is 6.61 Å². The summed E-state index contributed by atoms with van der Waals surface area (Å²) in [5.41, 5.74) is 5.88. The van der Waals surface area contributed by atoms with Crippen LogP contribution in [0.5, 0.6) is 11.5 Å². The Morgan fingerprint density at radius 3 is 2.40 bits per heavy atom. The van der Waals surface area contributed by atoms with Crippen molar-refractivity contribution in [2.45, 2.75) is 26.3 Å². The zero-order valence-electron chi connectivity index (χ0n) is 9.31. The Bertz CT molecular complexity index is 282. The number of benzene rings is 1. The maximum absolute atomic E-state index is 9.07. The Balaban J connectivity index is 2.29. The summed E-state index contributed by atoms with van der Waals surface area (Å²) in [6, 6.07) is 6.89. The minimum Gasteiger partial charge on any atom is -0.508 e. The summed E-state index contributed by atoms with van der Waals surface area (Å²) in [5.74, 6) is 1.50. The van der Waals surface area contributed by atoms with Crippen molar-refractivity contribution in [3.63, 3.8) is 0 Å². The molecule has 0 aliphatic rings. The van der Waals surface area contributed by atoms with Gasteiger partial charge in [0.15, 0.2) is 0 Å². The molecule has 84 valence electrons. The van der Waals surface area contributed by atoms with Gasteiger partial charge >= 0.3 is 0 Å². The molecule has 0 radical (unpaired) electrons. The van der Waals surface area contributed by atoms with Crippen LogP contribution in [-0.4, -0.2) is 17.8 Å². The highest BCUT2D eigenvalue weighted by Crippen LogP contribution is 2.16. The molecule has 1 atom stereocenters. The molecule has 0 saturated heterocycles. The number of aromatic hydroxyl groups is 1. The summed E-state index contributed by atoms with van der Waals surface area (Å²) in [4.78, 5) is 0. The largest absolute Gasteiger partial charge is 0.508 e. The van der Waals surface area contributed by atoms with Gasteiger partial charge in [-0.3, -0.25) is 0 Å². The first kappa shape index (κ1) is 11.9. The molecule has 1 aromatic rings. The fourth-order valence-corrected chi connectivity index (χ4v) is 1.19. The van der Waals surface area contributed by atoms with E-state index in [1.807, 2.05) is 0 Å². The number of hydrogen-bond donors (Lipinski definition) is 2. The monoisotopic (exact) mass is 209 g/mol. The average molecular weight is 209 g/mol. The van der Waals surface area contributed by atoms with Gasteiger partial charge in [0.05, 0.1) is 6.61 Å². The molecule has 3 nitrogen and oxygen atoms in total. The van der Waals surface area contributed by atoms with Crippen LogP contribution in [0.15, 0.2) is 24.3 Å². The standard InChI is InChI=1S/C12H19NO2/c1-9(2)12(13)7-8-15-11-5-3-10(14)4-6-11/h3-6,9,12,14H,7-8,13H2,1-2H3. The highest BCUT2D eigenvalue weighted by atomic mass is 16.5. The van der Waals surface area contributed by atoms with E-state index in [-0.39, 0.29) is 11.8 Å². The Morgan fingerprint density at radius 2 is 1.87 bits per heavy atom. The molecule has 15 heavy (non-hydrogen) atoms. The summed E-state index contributed by atoms with van der Waals surface area (Å²) in [6.07, 6.45) is 0.846. The summed E-state index contributed by atoms with van der Waals surface area (Å²) < 4.78 is 5.49. The highest BCUT2D eigenvalue weighted by molar-refractivity contribution is 5.29. The Morgan fingerprint density at radius 1 is 1.27 bits per heavy atom. The van der Waals surface area contributed by atoms with Crippen LogP contribution in [0.4, 0.5) is 0 Å². The van der Waals surface area contributed by atoms with Crippen molar-refractivity contribution in [1.82, 2.24) is 0 Å². The van der Waals surface area contributed by atoms with Gasteiger partial charge < -0.3 is 15.6 Å². The quantitative estimate of drug-likeness (QED) is 0.781. The predicted octanol–water partition coefficient (Wildman–Crippen LogP) is 2.14. The third-order valence-corrected chi connectivity index (χ3v) is 2.41. The lowest BCUT2D eigenvalue weighted by atomic mass is 10.0. The van der Waals surface area contributed by atoms with E-state index in [9.17, 15) is 0 Å². The van der Waals surface area contributed by atoms with Crippen molar-refractivity contribution in [1.29, 1.82) is 0 Å². The lowest BCUT2D eigenvalue weighted by Crippen LogP contribution is -2.28. The molecule has 0 aliphatic carbocycles. The lowest BCUT2D eigenvalue weighted by Gasteiger charge is -2.15. The number of rotatable bonds is 5. The first-order chi connectivity index (χ1) is 7.09. The van der Waals surface area contributed by atoms with Gasteiger partial charge in [-0.2, -0.15) is 0 Å². The Labute approximate surface area is 90.9 Å². The van der Waals surface area contributed by atoms with Crippen LogP contribution >= 0.6 is 0 Å². The molecule has 0 heterocycles. The number of hydrogen-bond acceptors (Lipinski definition) is 3. The topological polar surface area (TPSA) is 55.5 Å². The molecule has 0 aromatic heterocycles. The second kappa shape index (κ2) is 5.61. The molecule has 0 amide bonds. The summed E-state index contributed by atoms with van der Waals surface area (Å²) in [6.45, 7) is 4.82. The zero-order chi connectivity index (χ0) is 11.3. The number of nitrogens with two attached hydrogens (primary N) is 1. The van der Waals surface area contributed by atoms with E-state index in [0.717, 1.165) is 12.2 Å². The summed E-state index contributed by atoms with van der Waals surface area (Å²) in [7, 11) is 0. The second-order valence-electron chi connectivity index (χ2n) is 4.04. The first-order valence-corrected chi connectivity index (χ1v) is 5.27. The molecular weight excluding hydrogens is 190 g/mol. The highest BCUT2D eigenvalue weighted by Gasteiger charge is 2.07. The van der Waals surface area contributed by atoms with Crippen LogP contribution in [0.25, 0.3) is 0 Å². The van der Waals surface area contributed by atoms with Crippen LogP contribution in [0.2, 0.25) is 0 Å². The van der Waals surface area contributed by atoms with Crippen molar-refractivity contribution in [2.24, 2.45) is 11.7 Å². The smallest absolute Gasteiger partial charge is 0.119 e. The van der Waals surface area contributed by atoms with Crippen LogP contribution in [0.3, 0.4) is 0 Å². The van der Waals surface area contributed by atoms with Crippen LogP contribution in [0, 0.1) is 5.92 Å². The van der Waals surface area contributed by atoms with E-state index in [2.05, 4.69) is 13.8 Å². The average Bonchev–Trinajstić information content (AvgIpc) is 2.20. The van der Waals surface area contributed by atoms with Gasteiger partial charge in [0, 0.05) is 6.04 Å². The van der Waals surface area contributed by atoms with E-state index in [1.54, 1.807) is 24.3 Å².